The summed E-state index contributed by atoms with van der Waals surface area (Å²) in [4.78, 5) is 13.5. The lowest BCUT2D eigenvalue weighted by Crippen LogP contribution is -2.31. The van der Waals surface area contributed by atoms with Crippen molar-refractivity contribution >= 4 is 11.0 Å². The predicted octanol–water partition coefficient (Wildman–Crippen LogP) is 1.31. The molecule has 0 aliphatic rings. The van der Waals surface area contributed by atoms with E-state index in [1.165, 1.54) is 12.1 Å². The molecule has 1 unspecified atom stereocenters. The Labute approximate surface area is 110 Å². The van der Waals surface area contributed by atoms with Crippen LogP contribution in [0.5, 0.6) is 5.75 Å². The molecule has 0 saturated heterocycles. The van der Waals surface area contributed by atoms with Gasteiger partial charge in [-0.3, -0.25) is 4.90 Å². The highest BCUT2D eigenvalue weighted by Crippen LogP contribution is 2.22. The Balaban J connectivity index is 2.45. The van der Waals surface area contributed by atoms with Crippen molar-refractivity contribution in [2.24, 2.45) is 0 Å². The lowest BCUT2D eigenvalue weighted by atomic mass is 10.1. The first-order chi connectivity index (χ1) is 9.01. The molecule has 0 spiro atoms. The highest BCUT2D eigenvalue weighted by Gasteiger charge is 2.12. The first-order valence-electron chi connectivity index (χ1n) is 6.08. The van der Waals surface area contributed by atoms with Crippen molar-refractivity contribution in [2.45, 2.75) is 19.5 Å². The Bertz CT molecular complexity index is 635. The highest BCUT2D eigenvalue weighted by molar-refractivity contribution is 5.81. The van der Waals surface area contributed by atoms with E-state index in [4.69, 9.17) is 9.52 Å². The minimum Gasteiger partial charge on any atom is -0.508 e. The zero-order valence-corrected chi connectivity index (χ0v) is 11.0. The molecule has 0 fully saturated rings. The minimum atomic E-state index is -0.446. The molecule has 102 valence electrons. The molecule has 0 aliphatic heterocycles. The van der Waals surface area contributed by atoms with Crippen LogP contribution in [0.2, 0.25) is 0 Å². The Morgan fingerprint density at radius 2 is 2.11 bits per heavy atom. The van der Waals surface area contributed by atoms with Crippen molar-refractivity contribution in [3.63, 3.8) is 0 Å². The Morgan fingerprint density at radius 3 is 2.79 bits per heavy atom. The van der Waals surface area contributed by atoms with Crippen molar-refractivity contribution in [1.29, 1.82) is 0 Å². The molecule has 2 aromatic rings. The molecule has 0 saturated carbocycles. The second kappa shape index (κ2) is 5.42. The van der Waals surface area contributed by atoms with E-state index in [2.05, 4.69) is 0 Å². The van der Waals surface area contributed by atoms with E-state index in [9.17, 15) is 9.90 Å². The summed E-state index contributed by atoms with van der Waals surface area (Å²) in [5.41, 5.74) is 0.736. The number of rotatable bonds is 4. The molecule has 2 rings (SSSR count). The number of hydrogen-bond acceptors (Lipinski definition) is 5. The van der Waals surface area contributed by atoms with E-state index >= 15 is 0 Å². The summed E-state index contributed by atoms with van der Waals surface area (Å²) in [6, 6.07) is 6.15. The van der Waals surface area contributed by atoms with Gasteiger partial charge < -0.3 is 14.6 Å². The number of benzene rings is 1. The third kappa shape index (κ3) is 2.94. The Kier molecular flexibility index (Phi) is 3.87. The van der Waals surface area contributed by atoms with Crippen molar-refractivity contribution in [1.82, 2.24) is 4.90 Å². The average Bonchev–Trinajstić information content (AvgIpc) is 2.36. The van der Waals surface area contributed by atoms with Gasteiger partial charge in [-0.15, -0.1) is 0 Å². The number of aromatic hydroxyl groups is 1. The summed E-state index contributed by atoms with van der Waals surface area (Å²) in [6.07, 6.45) is 0. The first kappa shape index (κ1) is 13.6. The predicted molar refractivity (Wildman–Crippen MR) is 72.2 cm³/mol. The van der Waals surface area contributed by atoms with Crippen LogP contribution in [0.4, 0.5) is 0 Å². The fraction of sp³-hybridized carbons (Fsp3) is 0.357. The van der Waals surface area contributed by atoms with Gasteiger partial charge in [-0.1, -0.05) is 0 Å². The van der Waals surface area contributed by atoms with Gasteiger partial charge in [0.25, 0.3) is 0 Å². The summed E-state index contributed by atoms with van der Waals surface area (Å²) in [7, 11) is 1.88. The number of hydrogen-bond donors (Lipinski definition) is 2. The lowest BCUT2D eigenvalue weighted by Gasteiger charge is -2.23. The number of nitrogens with zero attached hydrogens (tertiary/aromatic N) is 1. The van der Waals surface area contributed by atoms with Crippen LogP contribution >= 0.6 is 0 Å². The molecule has 1 aromatic heterocycles. The van der Waals surface area contributed by atoms with Crippen LogP contribution in [0.15, 0.2) is 33.5 Å². The summed E-state index contributed by atoms with van der Waals surface area (Å²) < 4.78 is 5.07. The Morgan fingerprint density at radius 1 is 1.37 bits per heavy atom. The summed E-state index contributed by atoms with van der Waals surface area (Å²) in [5, 5.41) is 19.3. The van der Waals surface area contributed by atoms with E-state index in [-0.39, 0.29) is 18.4 Å². The molecule has 2 N–H and O–H groups in total. The SMILES string of the molecule is CC(CO)N(C)Cc1cc(=O)oc2cc(O)ccc12. The van der Waals surface area contributed by atoms with Gasteiger partial charge in [0, 0.05) is 30.1 Å². The molecule has 19 heavy (non-hydrogen) atoms. The van der Waals surface area contributed by atoms with Gasteiger partial charge >= 0.3 is 5.63 Å². The van der Waals surface area contributed by atoms with Gasteiger partial charge in [0.15, 0.2) is 0 Å². The normalized spacial score (nSPS) is 13.1. The van der Waals surface area contributed by atoms with Crippen molar-refractivity contribution < 1.29 is 14.6 Å². The Hall–Kier alpha value is -1.85. The van der Waals surface area contributed by atoms with Gasteiger partial charge in [-0.25, -0.2) is 4.79 Å². The molecular formula is C14H17NO4. The number of aliphatic hydroxyl groups excluding tert-OH is 1. The second-order valence-corrected chi connectivity index (χ2v) is 4.72. The third-order valence-corrected chi connectivity index (χ3v) is 3.25. The monoisotopic (exact) mass is 263 g/mol. The van der Waals surface area contributed by atoms with Crippen LogP contribution in [0.1, 0.15) is 12.5 Å². The molecule has 1 aromatic carbocycles. The smallest absolute Gasteiger partial charge is 0.336 e. The maximum atomic E-state index is 11.5. The molecular weight excluding hydrogens is 246 g/mol. The highest BCUT2D eigenvalue weighted by atomic mass is 16.4. The van der Waals surface area contributed by atoms with Crippen molar-refractivity contribution in [3.8, 4) is 5.75 Å². The molecule has 0 amide bonds. The zero-order chi connectivity index (χ0) is 14.0. The summed E-state index contributed by atoms with van der Waals surface area (Å²) >= 11 is 0. The van der Waals surface area contributed by atoms with Crippen molar-refractivity contribution in [3.05, 3.63) is 40.2 Å². The van der Waals surface area contributed by atoms with E-state index in [1.54, 1.807) is 12.1 Å². The molecule has 1 atom stereocenters. The minimum absolute atomic E-state index is 0.000544. The van der Waals surface area contributed by atoms with Gasteiger partial charge in [0.1, 0.15) is 11.3 Å². The standard InChI is InChI=1S/C14H17NO4/c1-9(8-16)15(2)7-10-5-14(18)19-13-6-11(17)3-4-12(10)13/h3-6,9,16-17H,7-8H2,1-2H3. The lowest BCUT2D eigenvalue weighted by molar-refractivity contribution is 0.154. The summed E-state index contributed by atoms with van der Waals surface area (Å²) in [6.45, 7) is 2.48. The summed E-state index contributed by atoms with van der Waals surface area (Å²) in [5.74, 6) is 0.0601. The van der Waals surface area contributed by atoms with Gasteiger partial charge in [-0.05, 0) is 31.7 Å². The van der Waals surface area contributed by atoms with Gasteiger partial charge in [0.05, 0.1) is 6.61 Å². The first-order valence-corrected chi connectivity index (χ1v) is 6.08. The molecule has 0 aliphatic carbocycles. The number of likely N-dealkylation sites (N-methyl/N-ethyl adjacent to an activating group) is 1. The fourth-order valence-corrected chi connectivity index (χ4v) is 1.91. The maximum absolute atomic E-state index is 11.5. The number of aliphatic hydroxyl groups is 1. The maximum Gasteiger partial charge on any atom is 0.336 e. The molecule has 0 bridgehead atoms. The molecule has 0 radical (unpaired) electrons. The van der Waals surface area contributed by atoms with Gasteiger partial charge in [0.2, 0.25) is 0 Å². The van der Waals surface area contributed by atoms with Crippen LogP contribution in [-0.2, 0) is 6.54 Å². The quantitative estimate of drug-likeness (QED) is 0.814. The van der Waals surface area contributed by atoms with E-state index in [0.717, 1.165) is 10.9 Å². The van der Waals surface area contributed by atoms with E-state index < -0.39 is 5.63 Å². The largest absolute Gasteiger partial charge is 0.508 e. The average molecular weight is 263 g/mol. The molecule has 1 heterocycles. The van der Waals surface area contributed by atoms with Crippen LogP contribution in [0.3, 0.4) is 0 Å². The van der Waals surface area contributed by atoms with Crippen LogP contribution in [0, 0.1) is 0 Å². The van der Waals surface area contributed by atoms with Crippen LogP contribution in [-0.4, -0.2) is 34.8 Å². The second-order valence-electron chi connectivity index (χ2n) is 4.72. The number of phenolic OH excluding ortho intramolecular Hbond substituents is 1. The number of phenols is 1. The van der Waals surface area contributed by atoms with Crippen molar-refractivity contribution in [2.75, 3.05) is 13.7 Å². The molecule has 5 heteroatoms. The van der Waals surface area contributed by atoms with Gasteiger partial charge in [-0.2, -0.15) is 0 Å². The zero-order valence-electron chi connectivity index (χ0n) is 11.0. The van der Waals surface area contributed by atoms with E-state index in [0.29, 0.717) is 12.1 Å². The van der Waals surface area contributed by atoms with Crippen LogP contribution in [0.25, 0.3) is 11.0 Å². The third-order valence-electron chi connectivity index (χ3n) is 3.25. The number of fused-ring (bicyclic) bond motifs is 1. The van der Waals surface area contributed by atoms with E-state index in [1.807, 2.05) is 18.9 Å². The molecule has 5 nitrogen and oxygen atoms in total. The topological polar surface area (TPSA) is 73.9 Å². The van der Waals surface area contributed by atoms with Crippen LogP contribution < -0.4 is 5.63 Å². The fourth-order valence-electron chi connectivity index (χ4n) is 1.91.